The molecule has 168 valence electrons. The fourth-order valence-corrected chi connectivity index (χ4v) is 4.89. The molecule has 3 rings (SSSR count). The van der Waals surface area contributed by atoms with Gasteiger partial charge in [-0.1, -0.05) is 25.3 Å². The van der Waals surface area contributed by atoms with Gasteiger partial charge in [0.15, 0.2) is 5.96 Å². The van der Waals surface area contributed by atoms with Gasteiger partial charge in [-0.15, -0.1) is 11.3 Å². The number of morpholine rings is 1. The second-order valence-electron chi connectivity index (χ2n) is 8.69. The van der Waals surface area contributed by atoms with Gasteiger partial charge in [0.2, 0.25) is 5.91 Å². The molecule has 0 unspecified atom stereocenters. The van der Waals surface area contributed by atoms with Crippen molar-refractivity contribution in [3.05, 3.63) is 22.4 Å². The van der Waals surface area contributed by atoms with Gasteiger partial charge < -0.3 is 20.3 Å². The van der Waals surface area contributed by atoms with Crippen LogP contribution in [0.25, 0.3) is 0 Å². The molecule has 1 aliphatic carbocycles. The Morgan fingerprint density at radius 3 is 2.67 bits per heavy atom. The molecule has 1 amide bonds. The first kappa shape index (κ1) is 23.0. The Kier molecular flexibility index (Phi) is 8.96. The van der Waals surface area contributed by atoms with E-state index < -0.39 is 0 Å². The van der Waals surface area contributed by atoms with Crippen molar-refractivity contribution in [2.24, 2.45) is 10.4 Å². The summed E-state index contributed by atoms with van der Waals surface area (Å²) in [5.41, 5.74) is 0.256. The van der Waals surface area contributed by atoms with Gasteiger partial charge in [0.25, 0.3) is 0 Å². The number of amides is 1. The van der Waals surface area contributed by atoms with E-state index in [9.17, 15) is 4.79 Å². The minimum atomic E-state index is 0.00733. The lowest BCUT2D eigenvalue weighted by atomic mass is 9.73. The smallest absolute Gasteiger partial charge is 0.243 e. The fraction of sp³-hybridized carbons (Fsp3) is 0.727. The molecule has 0 bridgehead atoms. The largest absolute Gasteiger partial charge is 0.379 e. The maximum Gasteiger partial charge on any atom is 0.243 e. The van der Waals surface area contributed by atoms with E-state index in [1.165, 1.54) is 37.0 Å². The molecule has 2 heterocycles. The highest BCUT2D eigenvalue weighted by atomic mass is 32.1. The average molecular weight is 436 g/mol. The number of guanidine groups is 1. The molecule has 1 aliphatic heterocycles. The number of nitrogens with one attached hydrogen (secondary N) is 2. The summed E-state index contributed by atoms with van der Waals surface area (Å²) in [6.45, 7) is 6.60. The van der Waals surface area contributed by atoms with Crippen molar-refractivity contribution in [3.8, 4) is 0 Å². The summed E-state index contributed by atoms with van der Waals surface area (Å²) in [4.78, 5) is 22.0. The second-order valence-corrected chi connectivity index (χ2v) is 9.72. The molecule has 1 saturated heterocycles. The average Bonchev–Trinajstić information content (AvgIpc) is 3.28. The maximum absolute atomic E-state index is 12.1. The maximum atomic E-state index is 12.1. The lowest BCUT2D eigenvalue weighted by Gasteiger charge is -2.42. The van der Waals surface area contributed by atoms with E-state index in [-0.39, 0.29) is 17.9 Å². The summed E-state index contributed by atoms with van der Waals surface area (Å²) in [5.74, 6) is 0.735. The highest BCUT2D eigenvalue weighted by Crippen LogP contribution is 2.36. The van der Waals surface area contributed by atoms with Crippen LogP contribution in [0, 0.1) is 5.41 Å². The highest BCUT2D eigenvalue weighted by Gasteiger charge is 2.34. The van der Waals surface area contributed by atoms with Crippen LogP contribution in [-0.4, -0.2) is 81.7 Å². The first-order valence-corrected chi connectivity index (χ1v) is 12.0. The van der Waals surface area contributed by atoms with E-state index >= 15 is 0 Å². The quantitative estimate of drug-likeness (QED) is 0.484. The van der Waals surface area contributed by atoms with E-state index in [2.05, 4.69) is 38.0 Å². The standard InChI is InChI=1S/C22H37N5O2S/c1-26(2)20(28)16-24-21(23-15-19-7-6-14-30-19)25-17-22(8-4-3-5-9-22)18-27-10-12-29-13-11-27/h6-7,14H,3-5,8-13,15-18H2,1-2H3,(H2,23,24,25). The summed E-state index contributed by atoms with van der Waals surface area (Å²) in [7, 11) is 3.53. The molecule has 7 nitrogen and oxygen atoms in total. The molecule has 0 atom stereocenters. The zero-order valence-corrected chi connectivity index (χ0v) is 19.3. The van der Waals surface area contributed by atoms with E-state index in [4.69, 9.17) is 4.74 Å². The molecule has 1 saturated carbocycles. The fourth-order valence-electron chi connectivity index (χ4n) is 4.24. The van der Waals surface area contributed by atoms with E-state index in [1.807, 2.05) is 0 Å². The van der Waals surface area contributed by atoms with Crippen molar-refractivity contribution >= 4 is 23.2 Å². The summed E-state index contributed by atoms with van der Waals surface area (Å²) in [6.07, 6.45) is 6.40. The first-order valence-electron chi connectivity index (χ1n) is 11.1. The zero-order chi connectivity index (χ0) is 21.2. The molecule has 0 aromatic carbocycles. The Morgan fingerprint density at radius 2 is 2.00 bits per heavy atom. The number of ether oxygens (including phenoxy) is 1. The van der Waals surface area contributed by atoms with E-state index in [1.54, 1.807) is 30.3 Å². The monoisotopic (exact) mass is 435 g/mol. The Morgan fingerprint density at radius 1 is 1.23 bits per heavy atom. The molecule has 1 aromatic heterocycles. The Balaban J connectivity index is 1.63. The SMILES string of the molecule is CN(C)C(=O)CN=C(NCc1cccs1)NCC1(CN2CCOCC2)CCCCC1. The van der Waals surface area contributed by atoms with Crippen LogP contribution in [0.5, 0.6) is 0 Å². The predicted octanol–water partition coefficient (Wildman–Crippen LogP) is 2.15. The second kappa shape index (κ2) is 11.7. The number of likely N-dealkylation sites (N-methyl/N-ethyl adjacent to an activating group) is 1. The van der Waals surface area contributed by atoms with Crippen LogP contribution in [0.2, 0.25) is 0 Å². The number of hydrogen-bond donors (Lipinski definition) is 2. The molecule has 2 fully saturated rings. The normalized spacial score (nSPS) is 20.0. The highest BCUT2D eigenvalue weighted by molar-refractivity contribution is 7.09. The van der Waals surface area contributed by atoms with Gasteiger partial charge in [0, 0.05) is 50.6 Å². The van der Waals surface area contributed by atoms with Crippen LogP contribution in [0.1, 0.15) is 37.0 Å². The number of hydrogen-bond acceptors (Lipinski definition) is 5. The van der Waals surface area contributed by atoms with Gasteiger partial charge in [0.05, 0.1) is 19.8 Å². The predicted molar refractivity (Wildman–Crippen MR) is 123 cm³/mol. The van der Waals surface area contributed by atoms with Crippen molar-refractivity contribution in [2.75, 3.05) is 60.0 Å². The van der Waals surface area contributed by atoms with Crippen LogP contribution in [0.15, 0.2) is 22.5 Å². The van der Waals surface area contributed by atoms with E-state index in [0.29, 0.717) is 0 Å². The van der Waals surface area contributed by atoms with Crippen molar-refractivity contribution in [3.63, 3.8) is 0 Å². The Bertz CT molecular complexity index is 665. The minimum absolute atomic E-state index is 0.00733. The van der Waals surface area contributed by atoms with E-state index in [0.717, 1.165) is 51.9 Å². The van der Waals surface area contributed by atoms with Crippen LogP contribution in [0.3, 0.4) is 0 Å². The van der Waals surface area contributed by atoms with Crippen LogP contribution < -0.4 is 10.6 Å². The van der Waals surface area contributed by atoms with Crippen LogP contribution in [0.4, 0.5) is 0 Å². The third kappa shape index (κ3) is 7.25. The molecule has 30 heavy (non-hydrogen) atoms. The third-order valence-electron chi connectivity index (χ3n) is 6.09. The number of carbonyl (C=O) groups is 1. The molecule has 0 radical (unpaired) electrons. The van der Waals surface area contributed by atoms with Crippen molar-refractivity contribution in [1.29, 1.82) is 0 Å². The third-order valence-corrected chi connectivity index (χ3v) is 6.97. The molecule has 1 aromatic rings. The number of rotatable bonds is 8. The molecular formula is C22H37N5O2S. The minimum Gasteiger partial charge on any atom is -0.379 e. The topological polar surface area (TPSA) is 69.2 Å². The molecule has 0 spiro atoms. The Labute approximate surface area is 184 Å². The van der Waals surface area contributed by atoms with Crippen LogP contribution in [-0.2, 0) is 16.1 Å². The zero-order valence-electron chi connectivity index (χ0n) is 18.5. The Hall–Kier alpha value is -1.64. The molecule has 8 heteroatoms. The number of thiophene rings is 1. The van der Waals surface area contributed by atoms with Gasteiger partial charge in [-0.05, 0) is 24.3 Å². The molecular weight excluding hydrogens is 398 g/mol. The summed E-state index contributed by atoms with van der Waals surface area (Å²) in [6, 6.07) is 4.17. The lowest BCUT2D eigenvalue weighted by Crippen LogP contribution is -2.51. The van der Waals surface area contributed by atoms with Gasteiger partial charge in [0.1, 0.15) is 6.54 Å². The van der Waals surface area contributed by atoms with Crippen LogP contribution >= 0.6 is 11.3 Å². The van der Waals surface area contributed by atoms with Gasteiger partial charge >= 0.3 is 0 Å². The van der Waals surface area contributed by atoms with Crippen molar-refractivity contribution < 1.29 is 9.53 Å². The number of carbonyl (C=O) groups excluding carboxylic acids is 1. The molecule has 2 N–H and O–H groups in total. The van der Waals surface area contributed by atoms with Crippen molar-refractivity contribution in [1.82, 2.24) is 20.4 Å². The van der Waals surface area contributed by atoms with Crippen molar-refractivity contribution in [2.45, 2.75) is 38.6 Å². The number of nitrogens with zero attached hydrogens (tertiary/aromatic N) is 3. The van der Waals surface area contributed by atoms with Gasteiger partial charge in [-0.25, -0.2) is 4.99 Å². The van der Waals surface area contributed by atoms with Gasteiger partial charge in [-0.3, -0.25) is 9.69 Å². The summed E-state index contributed by atoms with van der Waals surface area (Å²) >= 11 is 1.72. The summed E-state index contributed by atoms with van der Waals surface area (Å²) in [5, 5.41) is 9.09. The lowest BCUT2D eigenvalue weighted by molar-refractivity contribution is -0.127. The molecule has 2 aliphatic rings. The summed E-state index contributed by atoms with van der Waals surface area (Å²) < 4.78 is 5.54. The number of aliphatic imine (C=N–C) groups is 1. The first-order chi connectivity index (χ1) is 14.6. The van der Waals surface area contributed by atoms with Gasteiger partial charge in [-0.2, -0.15) is 0 Å².